The molecule has 0 spiro atoms. The fourth-order valence-corrected chi connectivity index (χ4v) is 1.99. The van der Waals surface area contributed by atoms with Crippen molar-refractivity contribution in [2.75, 3.05) is 11.9 Å². The number of carbonyl (C=O) groups excluding carboxylic acids is 1. The lowest BCUT2D eigenvalue weighted by Crippen LogP contribution is -2.23. The molecular weight excluding hydrogens is 224 g/mol. The molecule has 98 valence electrons. The average Bonchev–Trinajstić information content (AvgIpc) is 3.10. The van der Waals surface area contributed by atoms with E-state index in [2.05, 4.69) is 36.6 Å². The van der Waals surface area contributed by atoms with Gasteiger partial charge in [-0.1, -0.05) is 6.07 Å². The van der Waals surface area contributed by atoms with Crippen LogP contribution in [-0.4, -0.2) is 18.5 Å². The summed E-state index contributed by atoms with van der Waals surface area (Å²) in [6.45, 7) is 6.97. The van der Waals surface area contributed by atoms with Crippen molar-refractivity contribution in [3.05, 3.63) is 28.8 Å². The number of nitrogens with one attached hydrogen (secondary N) is 2. The Balaban J connectivity index is 1.87. The number of carbonyl (C=O) groups is 1. The minimum Gasteiger partial charge on any atom is -0.326 e. The van der Waals surface area contributed by atoms with Crippen LogP contribution in [0.5, 0.6) is 0 Å². The van der Waals surface area contributed by atoms with Gasteiger partial charge in [-0.3, -0.25) is 4.79 Å². The molecule has 3 heteroatoms. The Morgan fingerprint density at radius 2 is 1.83 bits per heavy atom. The number of hydrogen-bond acceptors (Lipinski definition) is 2. The number of amides is 1. The minimum absolute atomic E-state index is 0.0921. The van der Waals surface area contributed by atoms with Crippen LogP contribution in [0.1, 0.15) is 36.0 Å². The Hall–Kier alpha value is -1.35. The van der Waals surface area contributed by atoms with Gasteiger partial charge in [0.05, 0.1) is 0 Å². The van der Waals surface area contributed by atoms with Crippen LogP contribution in [0.4, 0.5) is 5.69 Å². The summed E-state index contributed by atoms with van der Waals surface area (Å²) < 4.78 is 0. The first-order valence-electron chi connectivity index (χ1n) is 6.67. The van der Waals surface area contributed by atoms with Crippen molar-refractivity contribution in [3.63, 3.8) is 0 Å². The van der Waals surface area contributed by atoms with E-state index in [9.17, 15) is 4.79 Å². The number of rotatable bonds is 5. The molecule has 0 aromatic heterocycles. The maximum atomic E-state index is 11.8. The van der Waals surface area contributed by atoms with Crippen molar-refractivity contribution in [3.8, 4) is 0 Å². The maximum Gasteiger partial charge on any atom is 0.225 e. The normalized spacial score (nSPS) is 14.6. The second kappa shape index (κ2) is 5.53. The molecule has 1 aliphatic carbocycles. The van der Waals surface area contributed by atoms with Gasteiger partial charge in [0.25, 0.3) is 0 Å². The van der Waals surface area contributed by atoms with Gasteiger partial charge in [0.15, 0.2) is 0 Å². The first-order valence-corrected chi connectivity index (χ1v) is 6.67. The Morgan fingerprint density at radius 3 is 2.50 bits per heavy atom. The number of hydrogen-bond donors (Lipinski definition) is 2. The summed E-state index contributed by atoms with van der Waals surface area (Å²) in [5.74, 6) is 0.0921. The third-order valence-electron chi connectivity index (χ3n) is 3.48. The first kappa shape index (κ1) is 13.1. The molecule has 0 heterocycles. The molecule has 0 saturated heterocycles. The van der Waals surface area contributed by atoms with Crippen LogP contribution in [0.25, 0.3) is 0 Å². The standard InChI is InChI=1S/C15H22N2O/c1-10-8-12(3)14(9-11(10)2)17-15(18)6-7-16-13-4-5-13/h8-9,13,16H,4-7H2,1-3H3,(H,17,18). The molecule has 1 fully saturated rings. The van der Waals surface area contributed by atoms with Crippen LogP contribution in [0.2, 0.25) is 0 Å². The smallest absolute Gasteiger partial charge is 0.225 e. The molecular formula is C15H22N2O. The zero-order valence-electron chi connectivity index (χ0n) is 11.5. The second-order valence-electron chi connectivity index (χ2n) is 5.28. The van der Waals surface area contributed by atoms with Gasteiger partial charge < -0.3 is 10.6 Å². The predicted molar refractivity (Wildman–Crippen MR) is 74.9 cm³/mol. The van der Waals surface area contributed by atoms with Crippen LogP contribution in [0.15, 0.2) is 12.1 Å². The molecule has 0 radical (unpaired) electrons. The molecule has 18 heavy (non-hydrogen) atoms. The monoisotopic (exact) mass is 246 g/mol. The third kappa shape index (κ3) is 3.57. The Bertz CT molecular complexity index is 450. The summed E-state index contributed by atoms with van der Waals surface area (Å²) in [5.41, 5.74) is 4.55. The fraction of sp³-hybridized carbons (Fsp3) is 0.533. The molecule has 2 N–H and O–H groups in total. The van der Waals surface area contributed by atoms with Crippen molar-refractivity contribution in [2.45, 2.75) is 46.1 Å². The van der Waals surface area contributed by atoms with Gasteiger partial charge in [0.1, 0.15) is 0 Å². The Kier molecular flexibility index (Phi) is 4.02. The van der Waals surface area contributed by atoms with E-state index in [0.717, 1.165) is 17.8 Å². The van der Waals surface area contributed by atoms with Gasteiger partial charge in [-0.15, -0.1) is 0 Å². The summed E-state index contributed by atoms with van der Waals surface area (Å²) in [5, 5.41) is 6.34. The van der Waals surface area contributed by atoms with Crippen LogP contribution in [0.3, 0.4) is 0 Å². The first-order chi connectivity index (χ1) is 8.56. The van der Waals surface area contributed by atoms with E-state index in [0.29, 0.717) is 12.5 Å². The van der Waals surface area contributed by atoms with Gasteiger partial charge in [-0.05, 0) is 56.4 Å². The molecule has 0 unspecified atom stereocenters. The number of benzene rings is 1. The zero-order chi connectivity index (χ0) is 13.1. The molecule has 2 rings (SSSR count). The minimum atomic E-state index is 0.0921. The van der Waals surface area contributed by atoms with E-state index in [1.807, 2.05) is 6.92 Å². The van der Waals surface area contributed by atoms with Crippen molar-refractivity contribution in [1.29, 1.82) is 0 Å². The molecule has 1 aromatic rings. The van der Waals surface area contributed by atoms with Crippen molar-refractivity contribution in [2.24, 2.45) is 0 Å². The highest BCUT2D eigenvalue weighted by Gasteiger charge is 2.20. The van der Waals surface area contributed by atoms with Crippen LogP contribution < -0.4 is 10.6 Å². The summed E-state index contributed by atoms with van der Waals surface area (Å²) >= 11 is 0. The van der Waals surface area contributed by atoms with Crippen molar-refractivity contribution < 1.29 is 4.79 Å². The summed E-state index contributed by atoms with van der Waals surface area (Å²) in [4.78, 5) is 11.8. The van der Waals surface area contributed by atoms with E-state index >= 15 is 0 Å². The largest absolute Gasteiger partial charge is 0.326 e. The number of aryl methyl sites for hydroxylation is 3. The number of anilines is 1. The average molecular weight is 246 g/mol. The molecule has 0 aliphatic heterocycles. The predicted octanol–water partition coefficient (Wildman–Crippen LogP) is 2.69. The molecule has 1 amide bonds. The molecule has 3 nitrogen and oxygen atoms in total. The maximum absolute atomic E-state index is 11.8. The lowest BCUT2D eigenvalue weighted by molar-refractivity contribution is -0.116. The molecule has 0 atom stereocenters. The highest BCUT2D eigenvalue weighted by atomic mass is 16.1. The molecule has 1 aliphatic rings. The van der Waals surface area contributed by atoms with Crippen molar-refractivity contribution >= 4 is 11.6 Å². The van der Waals surface area contributed by atoms with Gasteiger partial charge in [0, 0.05) is 24.7 Å². The van der Waals surface area contributed by atoms with Gasteiger partial charge in [-0.2, -0.15) is 0 Å². The Morgan fingerprint density at radius 1 is 1.17 bits per heavy atom. The lowest BCUT2D eigenvalue weighted by atomic mass is 10.0. The molecule has 1 saturated carbocycles. The highest BCUT2D eigenvalue weighted by Crippen LogP contribution is 2.20. The summed E-state index contributed by atoms with van der Waals surface area (Å²) in [7, 11) is 0. The SMILES string of the molecule is Cc1cc(C)c(NC(=O)CCNC2CC2)cc1C. The van der Waals surface area contributed by atoms with E-state index in [4.69, 9.17) is 0 Å². The molecule has 0 bridgehead atoms. The van der Waals surface area contributed by atoms with E-state index in [1.54, 1.807) is 0 Å². The molecule has 1 aromatic carbocycles. The second-order valence-corrected chi connectivity index (χ2v) is 5.28. The lowest BCUT2D eigenvalue weighted by Gasteiger charge is -2.11. The summed E-state index contributed by atoms with van der Waals surface area (Å²) in [6, 6.07) is 4.84. The quantitative estimate of drug-likeness (QED) is 0.838. The van der Waals surface area contributed by atoms with Gasteiger partial charge >= 0.3 is 0 Å². The highest BCUT2D eigenvalue weighted by molar-refractivity contribution is 5.91. The summed E-state index contributed by atoms with van der Waals surface area (Å²) in [6.07, 6.45) is 3.07. The van der Waals surface area contributed by atoms with Crippen LogP contribution in [-0.2, 0) is 4.79 Å². The van der Waals surface area contributed by atoms with E-state index in [-0.39, 0.29) is 5.91 Å². The van der Waals surface area contributed by atoms with Gasteiger partial charge in [-0.25, -0.2) is 0 Å². The Labute approximate surface area is 109 Å². The third-order valence-corrected chi connectivity index (χ3v) is 3.48. The van der Waals surface area contributed by atoms with Crippen LogP contribution >= 0.6 is 0 Å². The van der Waals surface area contributed by atoms with E-state index < -0.39 is 0 Å². The fourth-order valence-electron chi connectivity index (χ4n) is 1.99. The zero-order valence-corrected chi connectivity index (χ0v) is 11.5. The van der Waals surface area contributed by atoms with Crippen molar-refractivity contribution in [1.82, 2.24) is 5.32 Å². The van der Waals surface area contributed by atoms with Gasteiger partial charge in [0.2, 0.25) is 5.91 Å². The van der Waals surface area contributed by atoms with E-state index in [1.165, 1.54) is 24.0 Å². The topological polar surface area (TPSA) is 41.1 Å². The van der Waals surface area contributed by atoms with Crippen LogP contribution in [0, 0.1) is 20.8 Å².